The van der Waals surface area contributed by atoms with Crippen LogP contribution in [0.1, 0.15) is 5.56 Å². The molecular weight excluding hydrogens is 282 g/mol. The lowest BCUT2D eigenvalue weighted by atomic mass is 10.1. The summed E-state index contributed by atoms with van der Waals surface area (Å²) < 4.78 is 0. The summed E-state index contributed by atoms with van der Waals surface area (Å²) in [5, 5.41) is 3.90. The highest BCUT2D eigenvalue weighted by atomic mass is 35.5. The monoisotopic (exact) mass is 295 g/mol. The Morgan fingerprint density at radius 1 is 1.00 bits per heavy atom. The molecule has 3 rings (SSSR count). The van der Waals surface area contributed by atoms with Gasteiger partial charge in [0.1, 0.15) is 0 Å². The topological polar surface area (TPSA) is 37.8 Å². The van der Waals surface area contributed by atoms with Gasteiger partial charge in [-0.2, -0.15) is 0 Å². The highest BCUT2D eigenvalue weighted by molar-refractivity contribution is 6.30. The molecule has 4 heteroatoms. The number of hydrogen-bond donors (Lipinski definition) is 1. The van der Waals surface area contributed by atoms with Crippen LogP contribution in [0, 0.1) is 6.92 Å². The van der Waals surface area contributed by atoms with E-state index in [1.807, 2.05) is 67.7 Å². The lowest BCUT2D eigenvalue weighted by molar-refractivity contribution is 1.14. The van der Waals surface area contributed by atoms with Gasteiger partial charge in [-0.1, -0.05) is 41.9 Å². The Bertz CT molecular complexity index is 757. The van der Waals surface area contributed by atoms with Gasteiger partial charge >= 0.3 is 0 Å². The Hall–Kier alpha value is -2.39. The first-order chi connectivity index (χ1) is 10.2. The fourth-order valence-corrected chi connectivity index (χ4v) is 2.27. The Balaban J connectivity index is 1.97. The molecule has 0 bridgehead atoms. The summed E-state index contributed by atoms with van der Waals surface area (Å²) in [7, 11) is 0. The lowest BCUT2D eigenvalue weighted by Crippen LogP contribution is -1.99. The summed E-state index contributed by atoms with van der Waals surface area (Å²) in [5.74, 6) is 0.571. The summed E-state index contributed by atoms with van der Waals surface area (Å²) in [6.07, 6.45) is 1.81. The number of halogens is 1. The van der Waals surface area contributed by atoms with Gasteiger partial charge < -0.3 is 5.32 Å². The summed E-state index contributed by atoms with van der Waals surface area (Å²) in [5.41, 5.74) is 3.83. The van der Waals surface area contributed by atoms with E-state index >= 15 is 0 Å². The van der Waals surface area contributed by atoms with Gasteiger partial charge in [0, 0.05) is 22.5 Å². The second-order valence-corrected chi connectivity index (χ2v) is 5.16. The number of hydrogen-bond acceptors (Lipinski definition) is 3. The predicted octanol–water partition coefficient (Wildman–Crippen LogP) is 4.85. The molecule has 1 heterocycles. The number of benzene rings is 2. The smallest absolute Gasteiger partial charge is 0.227 e. The van der Waals surface area contributed by atoms with E-state index in [2.05, 4.69) is 15.3 Å². The van der Waals surface area contributed by atoms with Crippen LogP contribution in [0.15, 0.2) is 60.8 Å². The highest BCUT2D eigenvalue weighted by Crippen LogP contribution is 2.25. The van der Waals surface area contributed by atoms with E-state index in [-0.39, 0.29) is 0 Å². The predicted molar refractivity (Wildman–Crippen MR) is 86.9 cm³/mol. The summed E-state index contributed by atoms with van der Waals surface area (Å²) in [6, 6.07) is 17.5. The molecule has 0 saturated carbocycles. The number of nitrogens with one attached hydrogen (secondary N) is 1. The summed E-state index contributed by atoms with van der Waals surface area (Å²) >= 11 is 6.06. The molecule has 3 aromatic rings. The van der Waals surface area contributed by atoms with Crippen LogP contribution >= 0.6 is 11.6 Å². The van der Waals surface area contributed by atoms with Crippen molar-refractivity contribution >= 4 is 23.2 Å². The average Bonchev–Trinajstić information content (AvgIpc) is 2.50. The minimum atomic E-state index is 0.571. The number of aromatic nitrogens is 2. The molecule has 0 aliphatic carbocycles. The van der Waals surface area contributed by atoms with Crippen molar-refractivity contribution in [3.8, 4) is 11.3 Å². The van der Waals surface area contributed by atoms with E-state index in [1.165, 1.54) is 0 Å². The van der Waals surface area contributed by atoms with Crippen LogP contribution in [-0.2, 0) is 0 Å². The third kappa shape index (κ3) is 3.20. The van der Waals surface area contributed by atoms with Gasteiger partial charge in [0.25, 0.3) is 0 Å². The van der Waals surface area contributed by atoms with Gasteiger partial charge in [-0.25, -0.2) is 9.97 Å². The van der Waals surface area contributed by atoms with Gasteiger partial charge in [-0.3, -0.25) is 0 Å². The van der Waals surface area contributed by atoms with E-state index in [4.69, 9.17) is 11.6 Å². The van der Waals surface area contributed by atoms with Gasteiger partial charge in [0.05, 0.1) is 5.69 Å². The molecule has 0 spiro atoms. The first-order valence-electron chi connectivity index (χ1n) is 6.64. The molecule has 0 aliphatic heterocycles. The fourth-order valence-electron chi connectivity index (χ4n) is 2.08. The van der Waals surface area contributed by atoms with Crippen LogP contribution in [-0.4, -0.2) is 9.97 Å². The molecule has 0 amide bonds. The van der Waals surface area contributed by atoms with Crippen LogP contribution in [0.25, 0.3) is 11.3 Å². The summed E-state index contributed by atoms with van der Waals surface area (Å²) in [4.78, 5) is 8.93. The molecule has 1 N–H and O–H groups in total. The first-order valence-corrected chi connectivity index (χ1v) is 7.02. The van der Waals surface area contributed by atoms with Crippen molar-refractivity contribution in [2.45, 2.75) is 6.92 Å². The quantitative estimate of drug-likeness (QED) is 0.750. The molecule has 1 aromatic heterocycles. The Kier molecular flexibility index (Phi) is 3.84. The molecule has 0 fully saturated rings. The van der Waals surface area contributed by atoms with Crippen LogP contribution in [0.3, 0.4) is 0 Å². The molecule has 2 aromatic carbocycles. The van der Waals surface area contributed by atoms with Crippen LogP contribution in [0.2, 0.25) is 5.02 Å². The lowest BCUT2D eigenvalue weighted by Gasteiger charge is -2.09. The number of anilines is 2. The van der Waals surface area contributed by atoms with E-state index in [0.29, 0.717) is 11.0 Å². The van der Waals surface area contributed by atoms with Gasteiger partial charge in [0.15, 0.2) is 0 Å². The SMILES string of the molecule is Cc1cnc(Nc2ccccc2)nc1-c1cccc(Cl)c1. The van der Waals surface area contributed by atoms with Crippen LogP contribution < -0.4 is 5.32 Å². The Morgan fingerprint density at radius 3 is 2.57 bits per heavy atom. The van der Waals surface area contributed by atoms with Gasteiger partial charge in [-0.15, -0.1) is 0 Å². The molecule has 21 heavy (non-hydrogen) atoms. The number of para-hydroxylation sites is 1. The second kappa shape index (κ2) is 5.94. The number of nitrogens with zero attached hydrogens (tertiary/aromatic N) is 2. The van der Waals surface area contributed by atoms with Crippen molar-refractivity contribution in [2.75, 3.05) is 5.32 Å². The Morgan fingerprint density at radius 2 is 1.81 bits per heavy atom. The van der Waals surface area contributed by atoms with Crippen molar-refractivity contribution in [2.24, 2.45) is 0 Å². The van der Waals surface area contributed by atoms with Crippen molar-refractivity contribution in [3.05, 3.63) is 71.4 Å². The third-order valence-electron chi connectivity index (χ3n) is 3.10. The maximum atomic E-state index is 6.06. The third-order valence-corrected chi connectivity index (χ3v) is 3.33. The molecule has 3 nitrogen and oxygen atoms in total. The fraction of sp³-hybridized carbons (Fsp3) is 0.0588. The van der Waals surface area contributed by atoms with Crippen molar-refractivity contribution in [3.63, 3.8) is 0 Å². The minimum Gasteiger partial charge on any atom is -0.324 e. The van der Waals surface area contributed by atoms with Crippen molar-refractivity contribution in [1.82, 2.24) is 9.97 Å². The van der Waals surface area contributed by atoms with Crippen molar-refractivity contribution < 1.29 is 0 Å². The zero-order valence-electron chi connectivity index (χ0n) is 11.5. The second-order valence-electron chi connectivity index (χ2n) is 4.73. The normalized spacial score (nSPS) is 10.4. The standard InChI is InChI=1S/C17H14ClN3/c1-12-11-19-17(20-15-8-3-2-4-9-15)21-16(12)13-6-5-7-14(18)10-13/h2-11H,1H3,(H,19,20,21). The molecule has 0 atom stereocenters. The molecule has 0 saturated heterocycles. The first kappa shape index (κ1) is 13.6. The van der Waals surface area contributed by atoms with Gasteiger partial charge in [-0.05, 0) is 36.8 Å². The molecule has 0 aliphatic rings. The van der Waals surface area contributed by atoms with Crippen LogP contribution in [0.4, 0.5) is 11.6 Å². The average molecular weight is 296 g/mol. The highest BCUT2D eigenvalue weighted by Gasteiger charge is 2.07. The minimum absolute atomic E-state index is 0.571. The van der Waals surface area contributed by atoms with E-state index in [1.54, 1.807) is 0 Å². The maximum Gasteiger partial charge on any atom is 0.227 e. The zero-order chi connectivity index (χ0) is 14.7. The van der Waals surface area contributed by atoms with E-state index in [0.717, 1.165) is 22.5 Å². The number of rotatable bonds is 3. The zero-order valence-corrected chi connectivity index (χ0v) is 12.3. The molecular formula is C17H14ClN3. The maximum absolute atomic E-state index is 6.06. The molecule has 104 valence electrons. The molecule has 0 unspecified atom stereocenters. The molecule has 0 radical (unpaired) electrons. The van der Waals surface area contributed by atoms with E-state index < -0.39 is 0 Å². The summed E-state index contributed by atoms with van der Waals surface area (Å²) in [6.45, 7) is 1.99. The number of aryl methyl sites for hydroxylation is 1. The largest absolute Gasteiger partial charge is 0.324 e. The van der Waals surface area contributed by atoms with Gasteiger partial charge in [0.2, 0.25) is 5.95 Å². The Labute approximate surface area is 128 Å². The van der Waals surface area contributed by atoms with E-state index in [9.17, 15) is 0 Å². The van der Waals surface area contributed by atoms with Crippen molar-refractivity contribution in [1.29, 1.82) is 0 Å². The van der Waals surface area contributed by atoms with Crippen LogP contribution in [0.5, 0.6) is 0 Å².